The fourth-order valence-corrected chi connectivity index (χ4v) is 3.71. The molecule has 1 atom stereocenters. The minimum absolute atomic E-state index is 0.169. The minimum atomic E-state index is -1.12. The van der Waals surface area contributed by atoms with E-state index in [0.717, 1.165) is 23.5 Å². The van der Waals surface area contributed by atoms with E-state index >= 15 is 0 Å². The number of nitrogens with one attached hydrogen (secondary N) is 2. The second kappa shape index (κ2) is 9.78. The molecular formula is C24H31N7O3. The number of ether oxygens (including phenoxy) is 1. The molecule has 0 radical (unpaired) electrons. The Morgan fingerprint density at radius 3 is 2.68 bits per heavy atom. The number of anilines is 2. The maximum atomic E-state index is 12.2. The molecular weight excluding hydrogens is 434 g/mol. The van der Waals surface area contributed by atoms with E-state index in [0.29, 0.717) is 37.0 Å². The molecule has 0 unspecified atom stereocenters. The first-order valence-corrected chi connectivity index (χ1v) is 11.3. The lowest BCUT2D eigenvalue weighted by Crippen LogP contribution is -2.44. The molecule has 10 nitrogen and oxygen atoms in total. The van der Waals surface area contributed by atoms with Crippen molar-refractivity contribution in [3.63, 3.8) is 0 Å². The molecule has 1 aliphatic rings. The molecule has 3 N–H and O–H groups in total. The third-order valence-corrected chi connectivity index (χ3v) is 5.61. The summed E-state index contributed by atoms with van der Waals surface area (Å²) in [5.74, 6) is 1.27. The van der Waals surface area contributed by atoms with Crippen LogP contribution in [-0.2, 0) is 23.9 Å². The van der Waals surface area contributed by atoms with E-state index in [1.807, 2.05) is 31.4 Å². The van der Waals surface area contributed by atoms with Gasteiger partial charge in [-0.15, -0.1) is 0 Å². The van der Waals surface area contributed by atoms with Gasteiger partial charge in [0, 0.05) is 49.2 Å². The molecule has 2 amide bonds. The highest BCUT2D eigenvalue weighted by molar-refractivity contribution is 5.89. The standard InChI is InChI=1S/C24H31N7O3/c1-16-15-34-10-9-31(16)21-11-20(24(2,3)33)28-22(29-21)18-5-7-19(8-6-18)27-23(32)25-12-17-13-26-30(4)14-17/h5-8,11,13-14,16,33H,9-10,12,15H2,1-4H3,(H2,25,27,32)/t16-/m0/s1. The lowest BCUT2D eigenvalue weighted by Gasteiger charge is -2.35. The van der Waals surface area contributed by atoms with Gasteiger partial charge in [0.15, 0.2) is 5.82 Å². The number of nitrogens with zero attached hydrogens (tertiary/aromatic N) is 5. The topological polar surface area (TPSA) is 117 Å². The van der Waals surface area contributed by atoms with Gasteiger partial charge >= 0.3 is 6.03 Å². The number of carbonyl (C=O) groups is 1. The number of amides is 2. The van der Waals surface area contributed by atoms with Crippen LogP contribution in [0.25, 0.3) is 11.4 Å². The number of morpholine rings is 1. The number of aliphatic hydroxyl groups is 1. The number of carbonyl (C=O) groups excluding carboxylic acids is 1. The summed E-state index contributed by atoms with van der Waals surface area (Å²) in [5, 5.41) is 20.3. The van der Waals surface area contributed by atoms with Gasteiger partial charge in [0.1, 0.15) is 11.4 Å². The Morgan fingerprint density at radius 1 is 1.26 bits per heavy atom. The monoisotopic (exact) mass is 465 g/mol. The molecule has 0 saturated carbocycles. The zero-order valence-corrected chi connectivity index (χ0v) is 19.9. The van der Waals surface area contributed by atoms with E-state index in [-0.39, 0.29) is 12.1 Å². The van der Waals surface area contributed by atoms with Crippen molar-refractivity contribution in [1.29, 1.82) is 0 Å². The molecule has 34 heavy (non-hydrogen) atoms. The molecule has 0 aliphatic carbocycles. The van der Waals surface area contributed by atoms with Crippen LogP contribution in [0.3, 0.4) is 0 Å². The lowest BCUT2D eigenvalue weighted by molar-refractivity contribution is 0.0736. The van der Waals surface area contributed by atoms with E-state index in [1.165, 1.54) is 0 Å². The second-order valence-electron chi connectivity index (χ2n) is 9.02. The summed E-state index contributed by atoms with van der Waals surface area (Å²) in [4.78, 5) is 23.8. The normalized spacial score (nSPS) is 16.4. The van der Waals surface area contributed by atoms with Crippen LogP contribution in [-0.4, -0.2) is 56.7 Å². The van der Waals surface area contributed by atoms with E-state index < -0.39 is 5.60 Å². The van der Waals surface area contributed by atoms with Crippen molar-refractivity contribution < 1.29 is 14.6 Å². The van der Waals surface area contributed by atoms with Crippen LogP contribution in [0.1, 0.15) is 32.0 Å². The van der Waals surface area contributed by atoms with Crippen molar-refractivity contribution in [2.45, 2.75) is 39.0 Å². The number of aromatic nitrogens is 4. The van der Waals surface area contributed by atoms with Gasteiger partial charge in [0.25, 0.3) is 0 Å². The van der Waals surface area contributed by atoms with Crippen molar-refractivity contribution in [2.75, 3.05) is 30.0 Å². The molecule has 0 bridgehead atoms. The molecule has 1 fully saturated rings. The number of hydrogen-bond acceptors (Lipinski definition) is 7. The molecule has 0 spiro atoms. The van der Waals surface area contributed by atoms with Gasteiger partial charge < -0.3 is 25.4 Å². The molecule has 180 valence electrons. The van der Waals surface area contributed by atoms with Crippen LogP contribution in [0.4, 0.5) is 16.3 Å². The number of rotatable bonds is 6. The third-order valence-electron chi connectivity index (χ3n) is 5.61. The van der Waals surface area contributed by atoms with E-state index in [9.17, 15) is 9.90 Å². The van der Waals surface area contributed by atoms with Crippen LogP contribution in [0, 0.1) is 0 Å². The molecule has 10 heteroatoms. The Bertz CT molecular complexity index is 1140. The van der Waals surface area contributed by atoms with Gasteiger partial charge in [-0.3, -0.25) is 4.68 Å². The summed E-state index contributed by atoms with van der Waals surface area (Å²) in [6, 6.07) is 9.02. The first-order valence-electron chi connectivity index (χ1n) is 11.3. The van der Waals surface area contributed by atoms with Crippen LogP contribution >= 0.6 is 0 Å². The molecule has 1 aromatic carbocycles. The first-order chi connectivity index (χ1) is 16.2. The van der Waals surface area contributed by atoms with Crippen molar-refractivity contribution in [1.82, 2.24) is 25.1 Å². The number of urea groups is 1. The Morgan fingerprint density at radius 2 is 2.03 bits per heavy atom. The minimum Gasteiger partial charge on any atom is -0.384 e. The molecule has 1 saturated heterocycles. The Labute approximate surface area is 199 Å². The zero-order valence-electron chi connectivity index (χ0n) is 19.9. The third kappa shape index (κ3) is 5.70. The zero-order chi connectivity index (χ0) is 24.3. The van der Waals surface area contributed by atoms with Crippen LogP contribution in [0.2, 0.25) is 0 Å². The molecule has 3 heterocycles. The number of hydrogen-bond donors (Lipinski definition) is 3. The van der Waals surface area contributed by atoms with Crippen molar-refractivity contribution in [3.8, 4) is 11.4 Å². The smallest absolute Gasteiger partial charge is 0.319 e. The maximum absolute atomic E-state index is 12.2. The van der Waals surface area contributed by atoms with Gasteiger partial charge in [-0.25, -0.2) is 14.8 Å². The Kier molecular flexibility index (Phi) is 6.80. The highest BCUT2D eigenvalue weighted by Gasteiger charge is 2.25. The maximum Gasteiger partial charge on any atom is 0.319 e. The molecule has 3 aromatic rings. The predicted molar refractivity (Wildman–Crippen MR) is 129 cm³/mol. The lowest BCUT2D eigenvalue weighted by atomic mass is 10.0. The van der Waals surface area contributed by atoms with Crippen molar-refractivity contribution in [3.05, 3.63) is 54.0 Å². The number of benzene rings is 1. The van der Waals surface area contributed by atoms with E-state index in [2.05, 4.69) is 32.5 Å². The Balaban J connectivity index is 1.50. The van der Waals surface area contributed by atoms with Crippen LogP contribution < -0.4 is 15.5 Å². The van der Waals surface area contributed by atoms with Crippen LogP contribution in [0.15, 0.2) is 42.7 Å². The van der Waals surface area contributed by atoms with Gasteiger partial charge in [-0.2, -0.15) is 5.10 Å². The summed E-state index contributed by atoms with van der Waals surface area (Å²) in [7, 11) is 1.83. The predicted octanol–water partition coefficient (Wildman–Crippen LogP) is 2.65. The summed E-state index contributed by atoms with van der Waals surface area (Å²) in [6.07, 6.45) is 3.56. The Hall–Kier alpha value is -3.50. The average molecular weight is 466 g/mol. The summed E-state index contributed by atoms with van der Waals surface area (Å²) in [6.45, 7) is 7.87. The highest BCUT2D eigenvalue weighted by atomic mass is 16.5. The molecule has 1 aliphatic heterocycles. The summed E-state index contributed by atoms with van der Waals surface area (Å²) in [5.41, 5.74) is 1.78. The fraction of sp³-hybridized carbons (Fsp3) is 0.417. The highest BCUT2D eigenvalue weighted by Crippen LogP contribution is 2.28. The molecule has 4 rings (SSSR count). The SMILES string of the molecule is C[C@H]1COCCN1c1cc(C(C)(C)O)nc(-c2ccc(NC(=O)NCc3cnn(C)c3)cc2)n1. The van der Waals surface area contributed by atoms with Crippen LogP contribution in [0.5, 0.6) is 0 Å². The van der Waals surface area contributed by atoms with Crippen molar-refractivity contribution in [2.24, 2.45) is 7.05 Å². The van der Waals surface area contributed by atoms with Gasteiger partial charge in [0.2, 0.25) is 0 Å². The van der Waals surface area contributed by atoms with E-state index in [1.54, 1.807) is 36.9 Å². The van der Waals surface area contributed by atoms with Gasteiger partial charge in [-0.05, 0) is 45.0 Å². The first kappa shape index (κ1) is 23.7. The largest absolute Gasteiger partial charge is 0.384 e. The van der Waals surface area contributed by atoms with E-state index in [4.69, 9.17) is 9.72 Å². The van der Waals surface area contributed by atoms with Crippen molar-refractivity contribution >= 4 is 17.5 Å². The van der Waals surface area contributed by atoms with Gasteiger partial charge in [0.05, 0.1) is 31.1 Å². The quantitative estimate of drug-likeness (QED) is 0.512. The fourth-order valence-electron chi connectivity index (χ4n) is 3.71. The number of aryl methyl sites for hydroxylation is 1. The average Bonchev–Trinajstić information content (AvgIpc) is 3.23. The summed E-state index contributed by atoms with van der Waals surface area (Å²) < 4.78 is 7.24. The van der Waals surface area contributed by atoms with Gasteiger partial charge in [-0.1, -0.05) is 0 Å². The summed E-state index contributed by atoms with van der Waals surface area (Å²) >= 11 is 0. The second-order valence-corrected chi connectivity index (χ2v) is 9.02. The molecule has 2 aromatic heterocycles.